The third-order valence-electron chi connectivity index (χ3n) is 5.78. The van der Waals surface area contributed by atoms with Crippen LogP contribution in [0.1, 0.15) is 53.7 Å². The normalized spacial score (nSPS) is 13.7. The predicted octanol–water partition coefficient (Wildman–Crippen LogP) is 3.19. The van der Waals surface area contributed by atoms with Gasteiger partial charge < -0.3 is 10.1 Å². The first-order valence-electron chi connectivity index (χ1n) is 12.0. The number of nitrogens with zero attached hydrogens (tertiary/aromatic N) is 1. The summed E-state index contributed by atoms with van der Waals surface area (Å²) in [5, 5.41) is 5.73. The number of hydrogen-bond donors (Lipinski definition) is 2. The molecule has 1 amide bonds. The smallest absolute Gasteiger partial charge is 0.338 e. The van der Waals surface area contributed by atoms with Crippen LogP contribution in [-0.2, 0) is 29.4 Å². The zero-order valence-electron chi connectivity index (χ0n) is 21.3. The molecular weight excluding hydrogens is 550 g/mol. The lowest BCUT2D eigenvalue weighted by Crippen LogP contribution is -2.37. The first-order valence-corrected chi connectivity index (χ1v) is 16.5. The highest BCUT2D eigenvalue weighted by Gasteiger charge is 2.34. The second-order valence-corrected chi connectivity index (χ2v) is 13.8. The van der Waals surface area contributed by atoms with Crippen LogP contribution in [0.25, 0.3) is 21.3 Å². The number of benzene rings is 2. The number of nitrogens with one attached hydrogen (secondary N) is 1. The van der Waals surface area contributed by atoms with Crippen LogP contribution in [0.4, 0.5) is 0 Å². The predicted molar refractivity (Wildman–Crippen MR) is 148 cm³/mol. The molecule has 3 rings (SSSR count). The van der Waals surface area contributed by atoms with Gasteiger partial charge in [-0.3, -0.25) is 4.79 Å². The van der Waals surface area contributed by atoms with Crippen molar-refractivity contribution in [1.82, 2.24) is 10.3 Å². The molecule has 0 aliphatic heterocycles. The molecule has 1 aromatic heterocycles. The van der Waals surface area contributed by atoms with E-state index in [2.05, 4.69) is 10.3 Å². The maximum absolute atomic E-state index is 12.7. The van der Waals surface area contributed by atoms with E-state index < -0.39 is 36.8 Å². The van der Waals surface area contributed by atoms with E-state index in [4.69, 9.17) is 9.88 Å². The molecule has 3 N–H and O–H groups in total. The molecule has 13 heteroatoms. The Hall–Kier alpha value is -2.87. The number of carbonyl (C=O) groups excluding carboxylic acids is 2. The van der Waals surface area contributed by atoms with Gasteiger partial charge in [0.15, 0.2) is 15.1 Å². The first-order chi connectivity index (χ1) is 17.8. The van der Waals surface area contributed by atoms with Crippen molar-refractivity contribution < 1.29 is 31.2 Å². The topological polar surface area (TPSA) is 163 Å². The monoisotopic (exact) mass is 581 g/mol. The number of rotatable bonds is 12. The molecule has 2 aromatic carbocycles. The first kappa shape index (κ1) is 29.7. The van der Waals surface area contributed by atoms with Crippen molar-refractivity contribution in [3.05, 3.63) is 53.0 Å². The number of ether oxygens (including phenoxy) is 1. The summed E-state index contributed by atoms with van der Waals surface area (Å²) in [4.78, 5) is 29.5. The Morgan fingerprint density at radius 2 is 1.71 bits per heavy atom. The van der Waals surface area contributed by atoms with Gasteiger partial charge >= 0.3 is 5.97 Å². The molecule has 206 valence electrons. The van der Waals surface area contributed by atoms with E-state index in [1.165, 1.54) is 0 Å². The van der Waals surface area contributed by atoms with Gasteiger partial charge in [-0.2, -0.15) is 0 Å². The standard InChI is InChI=1S/C25H31N3O7S3/c1-4-6-19(5-2)35-25(30)17-9-7-16(8-10-17)18-11-12-20-21(15-18)36-24(28-20)22(37(3,31)32)23(29)27-13-14-38(26,33)34/h7-12,15,19,22H,4-6,13-14H2,1-3H3,(H,27,29)(H2,26,33,34). The molecule has 0 bridgehead atoms. The van der Waals surface area contributed by atoms with Crippen LogP contribution in [0, 0.1) is 0 Å². The zero-order valence-corrected chi connectivity index (χ0v) is 23.8. The van der Waals surface area contributed by atoms with Crippen LogP contribution >= 0.6 is 11.3 Å². The lowest BCUT2D eigenvalue weighted by atomic mass is 10.0. The Morgan fingerprint density at radius 1 is 1.05 bits per heavy atom. The van der Waals surface area contributed by atoms with Crippen LogP contribution < -0.4 is 10.5 Å². The fourth-order valence-corrected chi connectivity index (χ4v) is 6.75. The lowest BCUT2D eigenvalue weighted by Gasteiger charge is -2.15. The Balaban J connectivity index is 1.82. The fraction of sp³-hybridized carbons (Fsp3) is 0.400. The summed E-state index contributed by atoms with van der Waals surface area (Å²) in [6, 6.07) is 12.4. The SMILES string of the molecule is CCCC(CC)OC(=O)c1ccc(-c2ccc3nc(C(C(=O)NCCS(N)(=O)=O)S(C)(=O)=O)sc3c2)cc1. The number of primary sulfonamides is 1. The minimum Gasteiger partial charge on any atom is -0.459 e. The molecule has 3 aromatic rings. The van der Waals surface area contributed by atoms with Gasteiger partial charge in [-0.05, 0) is 48.2 Å². The van der Waals surface area contributed by atoms with Crippen molar-refractivity contribution in [2.75, 3.05) is 18.6 Å². The minimum absolute atomic E-state index is 0.0726. The third-order valence-corrected chi connectivity index (χ3v) is 9.07. The zero-order chi connectivity index (χ0) is 28.1. The molecular formula is C25H31N3O7S3. The number of amides is 1. The van der Waals surface area contributed by atoms with E-state index in [0.717, 1.165) is 48.0 Å². The molecule has 0 fully saturated rings. The molecule has 0 spiro atoms. The molecule has 0 aliphatic rings. The molecule has 1 heterocycles. The van der Waals surface area contributed by atoms with Crippen molar-refractivity contribution in [2.24, 2.45) is 5.14 Å². The summed E-state index contributed by atoms with van der Waals surface area (Å²) >= 11 is 1.06. The van der Waals surface area contributed by atoms with Gasteiger partial charge in [0.1, 0.15) is 11.1 Å². The number of sulfone groups is 1. The number of esters is 1. The number of hydrogen-bond acceptors (Lipinski definition) is 9. The average molecular weight is 582 g/mol. The summed E-state index contributed by atoms with van der Waals surface area (Å²) in [7, 11) is -7.73. The fourth-order valence-electron chi connectivity index (χ4n) is 3.82. The summed E-state index contributed by atoms with van der Waals surface area (Å²) in [5.74, 6) is -1.76. The molecule has 0 radical (unpaired) electrons. The van der Waals surface area contributed by atoms with Crippen LogP contribution in [-0.4, -0.2) is 58.4 Å². The number of thiazole rings is 1. The van der Waals surface area contributed by atoms with Gasteiger partial charge in [-0.25, -0.2) is 31.8 Å². The van der Waals surface area contributed by atoms with E-state index in [1.807, 2.05) is 26.0 Å². The van der Waals surface area contributed by atoms with Crippen LogP contribution in [0.3, 0.4) is 0 Å². The van der Waals surface area contributed by atoms with Crippen molar-refractivity contribution in [1.29, 1.82) is 0 Å². The number of carbonyl (C=O) groups is 2. The highest BCUT2D eigenvalue weighted by Crippen LogP contribution is 2.33. The van der Waals surface area contributed by atoms with E-state index in [0.29, 0.717) is 15.8 Å². The largest absolute Gasteiger partial charge is 0.459 e. The Morgan fingerprint density at radius 3 is 2.29 bits per heavy atom. The summed E-state index contributed by atoms with van der Waals surface area (Å²) < 4.78 is 53.4. The highest BCUT2D eigenvalue weighted by atomic mass is 32.2. The third kappa shape index (κ3) is 7.82. The van der Waals surface area contributed by atoms with E-state index in [9.17, 15) is 26.4 Å². The Kier molecular flexibility index (Phi) is 9.63. The number of nitrogens with two attached hydrogens (primary N) is 1. The van der Waals surface area contributed by atoms with Gasteiger partial charge in [-0.1, -0.05) is 38.5 Å². The number of sulfonamides is 1. The molecule has 38 heavy (non-hydrogen) atoms. The van der Waals surface area contributed by atoms with Gasteiger partial charge in [0.05, 0.1) is 21.5 Å². The number of aromatic nitrogens is 1. The van der Waals surface area contributed by atoms with Crippen LogP contribution in [0.15, 0.2) is 42.5 Å². The summed E-state index contributed by atoms with van der Waals surface area (Å²) in [5.41, 5.74) is 2.62. The molecule has 0 saturated carbocycles. The molecule has 2 atom stereocenters. The highest BCUT2D eigenvalue weighted by molar-refractivity contribution is 7.91. The van der Waals surface area contributed by atoms with Crippen molar-refractivity contribution in [3.8, 4) is 11.1 Å². The van der Waals surface area contributed by atoms with Gasteiger partial charge in [0.25, 0.3) is 0 Å². The summed E-state index contributed by atoms with van der Waals surface area (Å²) in [6.45, 7) is 3.71. The maximum Gasteiger partial charge on any atom is 0.338 e. The van der Waals surface area contributed by atoms with Gasteiger partial charge in [-0.15, -0.1) is 11.3 Å². The lowest BCUT2D eigenvalue weighted by molar-refractivity contribution is -0.120. The molecule has 0 saturated heterocycles. The maximum atomic E-state index is 12.7. The van der Waals surface area contributed by atoms with Crippen molar-refractivity contribution in [3.63, 3.8) is 0 Å². The van der Waals surface area contributed by atoms with Gasteiger partial charge in [0, 0.05) is 12.8 Å². The van der Waals surface area contributed by atoms with E-state index in [-0.39, 0.29) is 23.6 Å². The van der Waals surface area contributed by atoms with E-state index >= 15 is 0 Å². The molecule has 10 nitrogen and oxygen atoms in total. The molecule has 2 unspecified atom stereocenters. The van der Waals surface area contributed by atoms with Crippen LogP contribution in [0.2, 0.25) is 0 Å². The second kappa shape index (κ2) is 12.3. The Labute approximate surface area is 226 Å². The summed E-state index contributed by atoms with van der Waals surface area (Å²) in [6.07, 6.45) is 3.31. The second-order valence-electron chi connectivity index (χ2n) is 8.90. The van der Waals surface area contributed by atoms with Gasteiger partial charge in [0.2, 0.25) is 15.9 Å². The average Bonchev–Trinajstić information content (AvgIpc) is 3.24. The number of fused-ring (bicyclic) bond motifs is 1. The van der Waals surface area contributed by atoms with Crippen molar-refractivity contribution in [2.45, 2.75) is 44.5 Å². The quantitative estimate of drug-likeness (QED) is 0.308. The minimum atomic E-state index is -3.91. The van der Waals surface area contributed by atoms with Crippen LogP contribution in [0.5, 0.6) is 0 Å². The van der Waals surface area contributed by atoms with E-state index in [1.54, 1.807) is 30.3 Å². The van der Waals surface area contributed by atoms with Crippen molar-refractivity contribution >= 4 is 53.3 Å². The Bertz CT molecular complexity index is 1520. The molecule has 0 aliphatic carbocycles.